The molecule has 0 amide bonds. The normalized spacial score (nSPS) is 20.3. The second-order valence-electron chi connectivity index (χ2n) is 9.90. The van der Waals surface area contributed by atoms with Crippen LogP contribution in [0.5, 0.6) is 5.75 Å². The van der Waals surface area contributed by atoms with Gasteiger partial charge >= 0.3 is 0 Å². The van der Waals surface area contributed by atoms with E-state index in [1.165, 1.54) is 24.4 Å². The molecule has 1 fully saturated rings. The van der Waals surface area contributed by atoms with Crippen molar-refractivity contribution in [3.63, 3.8) is 0 Å². The van der Waals surface area contributed by atoms with Crippen molar-refractivity contribution in [3.8, 4) is 17.0 Å². The van der Waals surface area contributed by atoms with Crippen molar-refractivity contribution in [1.82, 2.24) is 20.2 Å². The smallest absolute Gasteiger partial charge is 0.195 e. The summed E-state index contributed by atoms with van der Waals surface area (Å²) in [7, 11) is -1.37. The molecule has 2 heterocycles. The molecule has 2 aromatic heterocycles. The Morgan fingerprint density at radius 3 is 2.85 bits per heavy atom. The second kappa shape index (κ2) is 11.9. The van der Waals surface area contributed by atoms with Crippen LogP contribution in [0.15, 0.2) is 70.4 Å². The number of guanidine groups is 1. The van der Waals surface area contributed by atoms with E-state index >= 15 is 4.39 Å². The summed E-state index contributed by atoms with van der Waals surface area (Å²) in [5.41, 5.74) is 9.88. The first-order chi connectivity index (χ1) is 18.9. The van der Waals surface area contributed by atoms with Crippen molar-refractivity contribution in [2.75, 3.05) is 5.32 Å². The summed E-state index contributed by atoms with van der Waals surface area (Å²) in [5, 5.41) is 9.24. The van der Waals surface area contributed by atoms with Gasteiger partial charge in [0.1, 0.15) is 23.9 Å². The number of nitrogens with zero attached hydrogens (tertiary/aromatic N) is 4. The van der Waals surface area contributed by atoms with Gasteiger partial charge in [0.25, 0.3) is 0 Å². The molecule has 0 aliphatic heterocycles. The Bertz CT molecular complexity index is 1430. The van der Waals surface area contributed by atoms with Crippen LogP contribution in [0.2, 0.25) is 0 Å². The molecule has 5 rings (SSSR count). The van der Waals surface area contributed by atoms with E-state index in [0.717, 1.165) is 24.0 Å². The number of hydrogen-bond acceptors (Lipinski definition) is 6. The molecular weight excluding hydrogens is 517 g/mol. The maximum absolute atomic E-state index is 15.1. The summed E-state index contributed by atoms with van der Waals surface area (Å²) in [5.74, 6) is 0.243. The summed E-state index contributed by atoms with van der Waals surface area (Å²) < 4.78 is 34.4. The SMILES string of the molecule is CC(C)Oc1c(NC(N)=NC2CCC(S(=O)c3cccc(C=C4CCC4)c3)C=C2F)ncnc1-c1cn[nH]c1. The van der Waals surface area contributed by atoms with Gasteiger partial charge in [0, 0.05) is 16.7 Å². The first kappa shape index (κ1) is 26.7. The maximum Gasteiger partial charge on any atom is 0.195 e. The van der Waals surface area contributed by atoms with E-state index in [2.05, 4.69) is 36.6 Å². The third-order valence-electron chi connectivity index (χ3n) is 6.59. The van der Waals surface area contributed by atoms with Crippen molar-refractivity contribution in [3.05, 3.63) is 66.0 Å². The summed E-state index contributed by atoms with van der Waals surface area (Å²) in [6.07, 6.45) is 12.5. The van der Waals surface area contributed by atoms with Crippen molar-refractivity contribution in [1.29, 1.82) is 0 Å². The van der Waals surface area contributed by atoms with Gasteiger partial charge in [-0.25, -0.2) is 19.4 Å². The number of hydrogen-bond donors (Lipinski definition) is 3. The van der Waals surface area contributed by atoms with Crippen LogP contribution in [0, 0.1) is 0 Å². The average molecular weight is 550 g/mol. The van der Waals surface area contributed by atoms with Crippen LogP contribution in [-0.2, 0) is 10.8 Å². The standard InChI is InChI=1S/C28H32FN7O2S/c1-17(2)38-26-25(20-14-33-34-15-20)31-16-32-27(26)36-28(30)35-24-10-9-22(13-23(24)29)39(37)21-8-4-7-19(12-21)11-18-5-3-6-18/h4,7-8,11-17,22,24H,3,5-6,9-10H2,1-2H3,(H,33,34)(H3,30,31,32,35,36). The predicted octanol–water partition coefficient (Wildman–Crippen LogP) is 5.14. The van der Waals surface area contributed by atoms with E-state index < -0.39 is 27.9 Å². The zero-order valence-corrected chi connectivity index (χ0v) is 22.7. The fourth-order valence-corrected chi connectivity index (χ4v) is 5.93. The Labute approximate surface area is 229 Å². The molecule has 3 atom stereocenters. The molecule has 1 saturated carbocycles. The topological polar surface area (TPSA) is 131 Å². The minimum absolute atomic E-state index is 0.00898. The molecule has 0 saturated heterocycles. The van der Waals surface area contributed by atoms with E-state index in [4.69, 9.17) is 10.5 Å². The summed E-state index contributed by atoms with van der Waals surface area (Å²) in [6, 6.07) is 6.92. The van der Waals surface area contributed by atoms with E-state index in [9.17, 15) is 4.21 Å². The first-order valence-electron chi connectivity index (χ1n) is 13.1. The minimum atomic E-state index is -1.37. The molecule has 3 aromatic rings. The van der Waals surface area contributed by atoms with E-state index in [0.29, 0.717) is 35.0 Å². The molecular formula is C28H32FN7O2S. The summed E-state index contributed by atoms with van der Waals surface area (Å²) in [4.78, 5) is 13.7. The van der Waals surface area contributed by atoms with E-state index in [1.54, 1.807) is 12.4 Å². The molecule has 9 nitrogen and oxygen atoms in total. The molecule has 11 heteroatoms. The average Bonchev–Trinajstić information content (AvgIpc) is 3.43. The van der Waals surface area contributed by atoms with Crippen LogP contribution in [0.4, 0.5) is 10.2 Å². The van der Waals surface area contributed by atoms with Crippen molar-refractivity contribution in [2.24, 2.45) is 10.7 Å². The molecule has 204 valence electrons. The number of benzene rings is 1. The summed E-state index contributed by atoms with van der Waals surface area (Å²) >= 11 is 0. The highest BCUT2D eigenvalue weighted by Crippen LogP contribution is 2.34. The van der Waals surface area contributed by atoms with Crippen LogP contribution in [-0.4, -0.2) is 47.7 Å². The number of aromatic amines is 1. The summed E-state index contributed by atoms with van der Waals surface area (Å²) in [6.45, 7) is 3.77. The highest BCUT2D eigenvalue weighted by atomic mass is 32.2. The number of aromatic nitrogens is 4. The van der Waals surface area contributed by atoms with Crippen molar-refractivity contribution >= 4 is 28.7 Å². The fourth-order valence-electron chi connectivity index (χ4n) is 4.51. The molecule has 1 aromatic carbocycles. The Balaban J connectivity index is 1.30. The van der Waals surface area contributed by atoms with Crippen LogP contribution in [0.3, 0.4) is 0 Å². The predicted molar refractivity (Wildman–Crippen MR) is 151 cm³/mol. The molecule has 0 radical (unpaired) electrons. The van der Waals surface area contributed by atoms with E-state index in [1.807, 2.05) is 38.1 Å². The number of nitrogens with two attached hydrogens (primary N) is 1. The number of allylic oxidation sites excluding steroid dienone is 1. The fraction of sp³-hybridized carbons (Fsp3) is 0.357. The molecule has 39 heavy (non-hydrogen) atoms. The van der Waals surface area contributed by atoms with Gasteiger partial charge in [0.05, 0.1) is 28.4 Å². The van der Waals surface area contributed by atoms with Gasteiger partial charge in [0.2, 0.25) is 0 Å². The number of anilines is 1. The first-order valence-corrected chi connectivity index (χ1v) is 14.3. The largest absolute Gasteiger partial charge is 0.485 e. The monoisotopic (exact) mass is 549 g/mol. The number of rotatable bonds is 8. The number of aliphatic imine (C=N–C) groups is 1. The van der Waals surface area contributed by atoms with Gasteiger partial charge in [-0.1, -0.05) is 23.8 Å². The molecule has 2 aliphatic rings. The van der Waals surface area contributed by atoms with Crippen molar-refractivity contribution in [2.45, 2.75) is 68.2 Å². The maximum atomic E-state index is 15.1. The molecule has 4 N–H and O–H groups in total. The van der Waals surface area contributed by atoms with Gasteiger partial charge in [-0.3, -0.25) is 9.31 Å². The molecule has 0 spiro atoms. The van der Waals surface area contributed by atoms with Crippen molar-refractivity contribution < 1.29 is 13.3 Å². The third kappa shape index (κ3) is 6.42. The quantitative estimate of drug-likeness (QED) is 0.262. The zero-order valence-electron chi connectivity index (χ0n) is 21.9. The molecule has 0 bridgehead atoms. The zero-order chi connectivity index (χ0) is 27.4. The number of halogens is 1. The number of ether oxygens (including phenoxy) is 1. The molecule has 3 unspecified atom stereocenters. The number of nitrogens with one attached hydrogen (secondary N) is 2. The second-order valence-corrected chi connectivity index (χ2v) is 11.6. The van der Waals surface area contributed by atoms with Crippen LogP contribution in [0.25, 0.3) is 17.3 Å². The molecule has 2 aliphatic carbocycles. The number of H-pyrrole nitrogens is 1. The van der Waals surface area contributed by atoms with Gasteiger partial charge in [-0.05, 0) is 69.7 Å². The highest BCUT2D eigenvalue weighted by Gasteiger charge is 2.28. The lowest BCUT2D eigenvalue weighted by molar-refractivity contribution is 0.243. The minimum Gasteiger partial charge on any atom is -0.485 e. The van der Waals surface area contributed by atoms with Crippen LogP contribution < -0.4 is 15.8 Å². The van der Waals surface area contributed by atoms with Gasteiger partial charge in [-0.2, -0.15) is 5.10 Å². The van der Waals surface area contributed by atoms with Crippen LogP contribution in [0.1, 0.15) is 51.5 Å². The Hall–Kier alpha value is -3.86. The lowest BCUT2D eigenvalue weighted by Crippen LogP contribution is -2.29. The van der Waals surface area contributed by atoms with Crippen LogP contribution >= 0.6 is 0 Å². The van der Waals surface area contributed by atoms with Gasteiger partial charge < -0.3 is 15.8 Å². The van der Waals surface area contributed by atoms with Gasteiger partial charge in [-0.15, -0.1) is 0 Å². The third-order valence-corrected chi connectivity index (χ3v) is 8.23. The lowest BCUT2D eigenvalue weighted by atomic mass is 9.91. The Morgan fingerprint density at radius 1 is 1.31 bits per heavy atom. The lowest BCUT2D eigenvalue weighted by Gasteiger charge is -2.23. The van der Waals surface area contributed by atoms with E-state index in [-0.39, 0.29) is 12.1 Å². The highest BCUT2D eigenvalue weighted by molar-refractivity contribution is 7.85. The Morgan fingerprint density at radius 2 is 2.15 bits per heavy atom. The van der Waals surface area contributed by atoms with Gasteiger partial charge in [0.15, 0.2) is 17.5 Å². The Kier molecular flexibility index (Phi) is 8.16.